The molecule has 2 unspecified atom stereocenters. The fourth-order valence-corrected chi connectivity index (χ4v) is 1.93. The third kappa shape index (κ3) is 3.55. The van der Waals surface area contributed by atoms with Crippen LogP contribution < -0.4 is 10.5 Å². The van der Waals surface area contributed by atoms with E-state index in [-0.39, 0.29) is 12.1 Å². The highest BCUT2D eigenvalue weighted by Gasteiger charge is 2.20. The minimum absolute atomic E-state index is 0.0382. The predicted octanol–water partition coefficient (Wildman–Crippen LogP) is 3.25. The van der Waals surface area contributed by atoms with E-state index in [0.717, 1.165) is 17.7 Å². The van der Waals surface area contributed by atoms with E-state index >= 15 is 0 Å². The third-order valence-corrected chi connectivity index (χ3v) is 3.18. The predicted molar refractivity (Wildman–Crippen MR) is 77.1 cm³/mol. The standard InChI is InChI=1S/C16H20N2O/c1-3-15(17)16(13-8-10-18-11-9-13)19-14-6-4-12(2)5-7-14/h4-11,15-16H,3,17H2,1-2H3. The van der Waals surface area contributed by atoms with Crippen LogP contribution in [-0.4, -0.2) is 11.0 Å². The van der Waals surface area contributed by atoms with E-state index in [2.05, 4.69) is 18.8 Å². The lowest BCUT2D eigenvalue weighted by atomic mass is 10.0. The molecule has 0 saturated carbocycles. The monoisotopic (exact) mass is 256 g/mol. The van der Waals surface area contributed by atoms with Gasteiger partial charge in [-0.05, 0) is 43.2 Å². The molecule has 0 aliphatic rings. The Morgan fingerprint density at radius 2 is 1.74 bits per heavy atom. The summed E-state index contributed by atoms with van der Waals surface area (Å²) in [7, 11) is 0. The van der Waals surface area contributed by atoms with Crippen molar-refractivity contribution in [2.75, 3.05) is 0 Å². The maximum absolute atomic E-state index is 6.18. The van der Waals surface area contributed by atoms with Crippen molar-refractivity contribution in [2.45, 2.75) is 32.4 Å². The number of hydrogen-bond acceptors (Lipinski definition) is 3. The Labute approximate surface area is 114 Å². The van der Waals surface area contributed by atoms with Crippen molar-refractivity contribution in [1.29, 1.82) is 0 Å². The van der Waals surface area contributed by atoms with Crippen molar-refractivity contribution in [2.24, 2.45) is 5.73 Å². The average Bonchev–Trinajstić information content (AvgIpc) is 2.47. The molecule has 1 heterocycles. The zero-order chi connectivity index (χ0) is 13.7. The number of nitrogens with two attached hydrogens (primary N) is 1. The van der Waals surface area contributed by atoms with Gasteiger partial charge in [0, 0.05) is 18.4 Å². The number of aryl methyl sites for hydroxylation is 1. The van der Waals surface area contributed by atoms with E-state index in [0.29, 0.717) is 0 Å². The molecule has 0 radical (unpaired) electrons. The van der Waals surface area contributed by atoms with E-state index in [9.17, 15) is 0 Å². The summed E-state index contributed by atoms with van der Waals surface area (Å²) in [6.45, 7) is 4.12. The van der Waals surface area contributed by atoms with Crippen molar-refractivity contribution in [3.05, 3.63) is 59.9 Å². The lowest BCUT2D eigenvalue weighted by Crippen LogP contribution is -2.31. The van der Waals surface area contributed by atoms with Gasteiger partial charge in [0.15, 0.2) is 0 Å². The normalized spacial score (nSPS) is 13.8. The van der Waals surface area contributed by atoms with Crippen molar-refractivity contribution in [3.8, 4) is 5.75 Å². The van der Waals surface area contributed by atoms with Crippen molar-refractivity contribution in [3.63, 3.8) is 0 Å². The number of ether oxygens (including phenoxy) is 1. The van der Waals surface area contributed by atoms with Gasteiger partial charge in [0.2, 0.25) is 0 Å². The zero-order valence-electron chi connectivity index (χ0n) is 11.4. The second kappa shape index (κ2) is 6.34. The summed E-state index contributed by atoms with van der Waals surface area (Å²) < 4.78 is 6.06. The first-order chi connectivity index (χ1) is 9.20. The number of rotatable bonds is 5. The Bertz CT molecular complexity index is 496. The summed E-state index contributed by atoms with van der Waals surface area (Å²) in [6, 6.07) is 11.9. The largest absolute Gasteiger partial charge is 0.484 e. The Balaban J connectivity index is 2.21. The molecule has 0 fully saturated rings. The van der Waals surface area contributed by atoms with Crippen LogP contribution >= 0.6 is 0 Å². The van der Waals surface area contributed by atoms with Crippen LogP contribution in [0.4, 0.5) is 0 Å². The molecular formula is C16H20N2O. The lowest BCUT2D eigenvalue weighted by molar-refractivity contribution is 0.171. The van der Waals surface area contributed by atoms with Gasteiger partial charge in [0.25, 0.3) is 0 Å². The van der Waals surface area contributed by atoms with Crippen LogP contribution in [0.1, 0.15) is 30.6 Å². The molecule has 19 heavy (non-hydrogen) atoms. The smallest absolute Gasteiger partial charge is 0.139 e. The molecule has 2 rings (SSSR count). The van der Waals surface area contributed by atoms with E-state index in [4.69, 9.17) is 10.5 Å². The van der Waals surface area contributed by atoms with E-state index in [1.165, 1.54) is 5.56 Å². The second-order valence-corrected chi connectivity index (χ2v) is 4.70. The highest BCUT2D eigenvalue weighted by molar-refractivity contribution is 5.28. The minimum Gasteiger partial charge on any atom is -0.484 e. The number of benzene rings is 1. The van der Waals surface area contributed by atoms with Gasteiger partial charge in [-0.15, -0.1) is 0 Å². The van der Waals surface area contributed by atoms with Crippen LogP contribution in [0.25, 0.3) is 0 Å². The lowest BCUT2D eigenvalue weighted by Gasteiger charge is -2.24. The van der Waals surface area contributed by atoms with Crippen LogP contribution in [0.5, 0.6) is 5.75 Å². The topological polar surface area (TPSA) is 48.1 Å². The van der Waals surface area contributed by atoms with Crippen LogP contribution in [0.2, 0.25) is 0 Å². The minimum atomic E-state index is -0.143. The summed E-state index contributed by atoms with van der Waals surface area (Å²) in [5, 5.41) is 0. The molecule has 0 bridgehead atoms. The first-order valence-electron chi connectivity index (χ1n) is 6.59. The molecule has 2 aromatic rings. The van der Waals surface area contributed by atoms with E-state index in [1.54, 1.807) is 12.4 Å². The summed E-state index contributed by atoms with van der Waals surface area (Å²) in [5.41, 5.74) is 8.46. The SMILES string of the molecule is CCC(N)C(Oc1ccc(C)cc1)c1ccncc1. The quantitative estimate of drug-likeness (QED) is 0.893. The number of pyridine rings is 1. The van der Waals surface area contributed by atoms with Gasteiger partial charge >= 0.3 is 0 Å². The van der Waals surface area contributed by atoms with Gasteiger partial charge in [-0.2, -0.15) is 0 Å². The summed E-state index contributed by atoms with van der Waals surface area (Å²) >= 11 is 0. The highest BCUT2D eigenvalue weighted by Crippen LogP contribution is 2.25. The van der Waals surface area contributed by atoms with Gasteiger partial charge in [-0.25, -0.2) is 0 Å². The molecule has 0 aliphatic heterocycles. The van der Waals surface area contributed by atoms with Gasteiger partial charge in [0.1, 0.15) is 11.9 Å². The van der Waals surface area contributed by atoms with Crippen LogP contribution in [0.3, 0.4) is 0 Å². The number of nitrogens with zero attached hydrogens (tertiary/aromatic N) is 1. The first kappa shape index (κ1) is 13.6. The molecule has 2 atom stereocenters. The molecule has 1 aromatic heterocycles. The molecule has 3 heteroatoms. The molecule has 100 valence electrons. The molecule has 2 N–H and O–H groups in total. The summed E-state index contributed by atoms with van der Waals surface area (Å²) in [5.74, 6) is 0.844. The van der Waals surface area contributed by atoms with E-state index < -0.39 is 0 Å². The van der Waals surface area contributed by atoms with Crippen molar-refractivity contribution < 1.29 is 4.74 Å². The number of hydrogen-bond donors (Lipinski definition) is 1. The molecule has 1 aromatic carbocycles. The van der Waals surface area contributed by atoms with Crippen molar-refractivity contribution in [1.82, 2.24) is 4.98 Å². The Hall–Kier alpha value is -1.87. The zero-order valence-corrected chi connectivity index (χ0v) is 11.4. The first-order valence-corrected chi connectivity index (χ1v) is 6.59. The summed E-state index contributed by atoms with van der Waals surface area (Å²) in [4.78, 5) is 4.04. The van der Waals surface area contributed by atoms with Crippen LogP contribution in [0.15, 0.2) is 48.8 Å². The third-order valence-electron chi connectivity index (χ3n) is 3.18. The Morgan fingerprint density at radius 1 is 1.11 bits per heavy atom. The molecular weight excluding hydrogens is 236 g/mol. The summed E-state index contributed by atoms with van der Waals surface area (Å²) in [6.07, 6.45) is 4.25. The Morgan fingerprint density at radius 3 is 2.32 bits per heavy atom. The second-order valence-electron chi connectivity index (χ2n) is 4.70. The molecule has 0 aliphatic carbocycles. The average molecular weight is 256 g/mol. The maximum Gasteiger partial charge on any atom is 0.139 e. The van der Waals surface area contributed by atoms with E-state index in [1.807, 2.05) is 36.4 Å². The van der Waals surface area contributed by atoms with Gasteiger partial charge < -0.3 is 10.5 Å². The molecule has 0 amide bonds. The van der Waals surface area contributed by atoms with Crippen LogP contribution in [-0.2, 0) is 0 Å². The maximum atomic E-state index is 6.18. The highest BCUT2D eigenvalue weighted by atomic mass is 16.5. The van der Waals surface area contributed by atoms with Crippen LogP contribution in [0, 0.1) is 6.92 Å². The molecule has 0 spiro atoms. The fourth-order valence-electron chi connectivity index (χ4n) is 1.93. The number of aromatic nitrogens is 1. The molecule has 3 nitrogen and oxygen atoms in total. The Kier molecular flexibility index (Phi) is 4.53. The van der Waals surface area contributed by atoms with Gasteiger partial charge in [-0.3, -0.25) is 4.98 Å². The van der Waals surface area contributed by atoms with Crippen molar-refractivity contribution >= 4 is 0 Å². The fraction of sp³-hybridized carbons (Fsp3) is 0.312. The molecule has 0 saturated heterocycles. The van der Waals surface area contributed by atoms with Gasteiger partial charge in [0.05, 0.1) is 0 Å². The van der Waals surface area contributed by atoms with Gasteiger partial charge in [-0.1, -0.05) is 24.6 Å².